The molecule has 0 aromatic carbocycles. The Hall–Kier alpha value is -1.76. The van der Waals surface area contributed by atoms with Crippen molar-refractivity contribution in [2.75, 3.05) is 18.9 Å². The van der Waals surface area contributed by atoms with E-state index in [2.05, 4.69) is 9.97 Å². The van der Waals surface area contributed by atoms with Crippen LogP contribution in [0.1, 0.15) is 33.6 Å². The number of aromatic nitrogens is 2. The smallest absolute Gasteiger partial charge is 0.410 e. The van der Waals surface area contributed by atoms with E-state index in [9.17, 15) is 4.79 Å². The zero-order valence-electron chi connectivity index (χ0n) is 13.0. The molecular weight excluding hydrogens is 308 g/mol. The molecule has 1 aliphatic rings. The van der Waals surface area contributed by atoms with E-state index < -0.39 is 5.60 Å². The Kier molecular flexibility index (Phi) is 4.95. The summed E-state index contributed by atoms with van der Waals surface area (Å²) in [7, 11) is 0. The summed E-state index contributed by atoms with van der Waals surface area (Å²) in [5.41, 5.74) is 5.20. The van der Waals surface area contributed by atoms with Gasteiger partial charge < -0.3 is 20.1 Å². The Balaban J connectivity index is 1.98. The van der Waals surface area contributed by atoms with Crippen molar-refractivity contribution in [1.82, 2.24) is 14.9 Å². The molecule has 1 fully saturated rings. The summed E-state index contributed by atoms with van der Waals surface area (Å²) in [5.74, 6) is 0.432. The topological polar surface area (TPSA) is 90.6 Å². The van der Waals surface area contributed by atoms with Crippen molar-refractivity contribution < 1.29 is 14.3 Å². The first-order chi connectivity index (χ1) is 10.3. The quantitative estimate of drug-likeness (QED) is 0.857. The minimum Gasteiger partial charge on any atom is -0.485 e. The first-order valence-electron chi connectivity index (χ1n) is 7.16. The molecule has 8 heteroatoms. The molecule has 1 aliphatic heterocycles. The maximum atomic E-state index is 12.2. The minimum atomic E-state index is -0.522. The van der Waals surface area contributed by atoms with E-state index in [1.54, 1.807) is 4.90 Å². The molecule has 1 saturated heterocycles. The number of ether oxygens (including phenoxy) is 2. The van der Waals surface area contributed by atoms with E-state index in [0.717, 1.165) is 12.8 Å². The number of rotatable bonds is 3. The normalized spacial score (nSPS) is 18.4. The lowest BCUT2D eigenvalue weighted by Crippen LogP contribution is -2.42. The summed E-state index contributed by atoms with van der Waals surface area (Å²) in [4.78, 5) is 21.5. The fourth-order valence-corrected chi connectivity index (χ4v) is 2.44. The molecule has 0 spiro atoms. The third-order valence-electron chi connectivity index (χ3n) is 3.21. The van der Waals surface area contributed by atoms with Crippen LogP contribution in [0.2, 0.25) is 5.15 Å². The van der Waals surface area contributed by atoms with Gasteiger partial charge in [-0.25, -0.2) is 14.8 Å². The molecule has 1 aromatic heterocycles. The van der Waals surface area contributed by atoms with Gasteiger partial charge >= 0.3 is 6.09 Å². The summed E-state index contributed by atoms with van der Waals surface area (Å²) in [6.45, 7) is 6.45. The Labute approximate surface area is 134 Å². The van der Waals surface area contributed by atoms with Gasteiger partial charge in [0.05, 0.1) is 6.04 Å². The summed E-state index contributed by atoms with van der Waals surface area (Å²) in [6, 6.07) is -0.0782. The molecular formula is C14H21ClN4O3. The van der Waals surface area contributed by atoms with Gasteiger partial charge in [-0.2, -0.15) is 0 Å². The van der Waals surface area contributed by atoms with Crippen LogP contribution in [0.15, 0.2) is 6.33 Å². The summed E-state index contributed by atoms with van der Waals surface area (Å²) in [6.07, 6.45) is 2.68. The average molecular weight is 329 g/mol. The summed E-state index contributed by atoms with van der Waals surface area (Å²) in [5, 5.41) is 0.161. The van der Waals surface area contributed by atoms with Crippen LogP contribution in [0.3, 0.4) is 0 Å². The second-order valence-corrected chi connectivity index (χ2v) is 6.52. The molecule has 1 aromatic rings. The fourth-order valence-electron chi connectivity index (χ4n) is 2.25. The molecule has 2 heterocycles. The van der Waals surface area contributed by atoms with Gasteiger partial charge in [0, 0.05) is 6.54 Å². The van der Waals surface area contributed by atoms with Crippen molar-refractivity contribution in [2.45, 2.75) is 45.3 Å². The molecule has 0 bridgehead atoms. The number of nitrogens with two attached hydrogens (primary N) is 1. The highest BCUT2D eigenvalue weighted by Crippen LogP contribution is 2.28. The monoisotopic (exact) mass is 328 g/mol. The molecule has 0 aliphatic carbocycles. The number of amides is 1. The number of hydrogen-bond donors (Lipinski definition) is 1. The standard InChI is InChI=1S/C14H21ClN4O3/c1-14(2,3)22-13(20)19-6-4-5-9(19)7-21-10-11(15)17-8-18-12(10)16/h8-9H,4-7H2,1-3H3,(H2,16,17,18)/t9-/m0/s1. The highest BCUT2D eigenvalue weighted by Gasteiger charge is 2.32. The largest absolute Gasteiger partial charge is 0.485 e. The Morgan fingerprint density at radius 1 is 1.50 bits per heavy atom. The molecule has 1 amide bonds. The number of halogens is 1. The van der Waals surface area contributed by atoms with E-state index >= 15 is 0 Å². The zero-order valence-corrected chi connectivity index (χ0v) is 13.8. The molecule has 2 N–H and O–H groups in total. The van der Waals surface area contributed by atoms with Crippen LogP contribution in [0.5, 0.6) is 5.75 Å². The Morgan fingerprint density at radius 2 is 2.23 bits per heavy atom. The summed E-state index contributed by atoms with van der Waals surface area (Å²) < 4.78 is 11.0. The predicted octanol–water partition coefficient (Wildman–Crippen LogP) is 2.49. The van der Waals surface area contributed by atoms with Crippen molar-refractivity contribution in [3.63, 3.8) is 0 Å². The van der Waals surface area contributed by atoms with Gasteiger partial charge in [-0.05, 0) is 33.6 Å². The van der Waals surface area contributed by atoms with E-state index in [0.29, 0.717) is 6.54 Å². The molecule has 0 saturated carbocycles. The van der Waals surface area contributed by atoms with Crippen molar-refractivity contribution in [2.24, 2.45) is 0 Å². The van der Waals surface area contributed by atoms with E-state index in [4.69, 9.17) is 26.8 Å². The lowest BCUT2D eigenvalue weighted by atomic mass is 10.2. The van der Waals surface area contributed by atoms with Crippen LogP contribution in [0, 0.1) is 0 Å². The number of nitrogen functional groups attached to an aromatic ring is 1. The van der Waals surface area contributed by atoms with Gasteiger partial charge in [-0.3, -0.25) is 0 Å². The number of nitrogens with zero attached hydrogens (tertiary/aromatic N) is 3. The van der Waals surface area contributed by atoms with Gasteiger partial charge in [0.25, 0.3) is 0 Å². The van der Waals surface area contributed by atoms with Gasteiger partial charge in [-0.15, -0.1) is 0 Å². The van der Waals surface area contributed by atoms with Crippen molar-refractivity contribution in [3.8, 4) is 5.75 Å². The second kappa shape index (κ2) is 6.56. The lowest BCUT2D eigenvalue weighted by molar-refractivity contribution is 0.0187. The van der Waals surface area contributed by atoms with E-state index in [1.165, 1.54) is 6.33 Å². The SMILES string of the molecule is CC(C)(C)OC(=O)N1CCC[C@H]1COc1c(N)ncnc1Cl. The van der Waals surface area contributed by atoms with Gasteiger partial charge in [-0.1, -0.05) is 11.6 Å². The molecule has 7 nitrogen and oxygen atoms in total. The molecule has 1 atom stereocenters. The zero-order chi connectivity index (χ0) is 16.3. The highest BCUT2D eigenvalue weighted by molar-refractivity contribution is 6.31. The maximum absolute atomic E-state index is 12.2. The Morgan fingerprint density at radius 3 is 2.86 bits per heavy atom. The van der Waals surface area contributed by atoms with Crippen LogP contribution in [0.25, 0.3) is 0 Å². The molecule has 0 unspecified atom stereocenters. The highest BCUT2D eigenvalue weighted by atomic mass is 35.5. The van der Waals surface area contributed by atoms with Gasteiger partial charge in [0.1, 0.15) is 18.5 Å². The third-order valence-corrected chi connectivity index (χ3v) is 3.48. The summed E-state index contributed by atoms with van der Waals surface area (Å²) >= 11 is 5.94. The van der Waals surface area contributed by atoms with Gasteiger partial charge in [0.15, 0.2) is 16.7 Å². The van der Waals surface area contributed by atoms with Crippen molar-refractivity contribution in [1.29, 1.82) is 0 Å². The van der Waals surface area contributed by atoms with E-state index in [-0.39, 0.29) is 35.5 Å². The van der Waals surface area contributed by atoms with Gasteiger partial charge in [0.2, 0.25) is 0 Å². The van der Waals surface area contributed by atoms with E-state index in [1.807, 2.05) is 20.8 Å². The second-order valence-electron chi connectivity index (χ2n) is 6.16. The van der Waals surface area contributed by atoms with Crippen LogP contribution in [-0.4, -0.2) is 45.8 Å². The molecule has 0 radical (unpaired) electrons. The number of likely N-dealkylation sites (tertiary alicyclic amines) is 1. The predicted molar refractivity (Wildman–Crippen MR) is 82.9 cm³/mol. The number of hydrogen-bond acceptors (Lipinski definition) is 6. The molecule has 122 valence electrons. The third kappa shape index (κ3) is 4.13. The van der Waals surface area contributed by atoms with Crippen LogP contribution in [-0.2, 0) is 4.74 Å². The first kappa shape index (κ1) is 16.6. The lowest BCUT2D eigenvalue weighted by Gasteiger charge is -2.28. The number of anilines is 1. The van der Waals surface area contributed by atoms with Crippen LogP contribution < -0.4 is 10.5 Å². The number of carbonyl (C=O) groups is 1. The van der Waals surface area contributed by atoms with Crippen molar-refractivity contribution >= 4 is 23.5 Å². The van der Waals surface area contributed by atoms with Crippen LogP contribution >= 0.6 is 11.6 Å². The molecule has 2 rings (SSSR count). The average Bonchev–Trinajstić information content (AvgIpc) is 2.84. The van der Waals surface area contributed by atoms with Crippen molar-refractivity contribution in [3.05, 3.63) is 11.5 Å². The fraction of sp³-hybridized carbons (Fsp3) is 0.643. The number of carbonyl (C=O) groups excluding carboxylic acids is 1. The molecule has 22 heavy (non-hydrogen) atoms. The Bertz CT molecular complexity index is 527. The maximum Gasteiger partial charge on any atom is 0.410 e. The van der Waals surface area contributed by atoms with Crippen LogP contribution in [0.4, 0.5) is 10.6 Å². The first-order valence-corrected chi connectivity index (χ1v) is 7.54. The minimum absolute atomic E-state index is 0.0782.